The fourth-order valence-electron chi connectivity index (χ4n) is 2.13. The average Bonchev–Trinajstić information content (AvgIpc) is 2.95. The first-order valence-electron chi connectivity index (χ1n) is 7.15. The lowest BCUT2D eigenvalue weighted by Gasteiger charge is -2.08. The quantitative estimate of drug-likeness (QED) is 0.850. The van der Waals surface area contributed by atoms with Crippen molar-refractivity contribution in [1.29, 1.82) is 0 Å². The zero-order valence-corrected chi connectivity index (χ0v) is 13.8. The van der Waals surface area contributed by atoms with Crippen LogP contribution in [0.25, 0.3) is 10.6 Å². The van der Waals surface area contributed by atoms with Gasteiger partial charge in [0.05, 0.1) is 25.5 Å². The maximum atomic E-state index is 5.46. The molecule has 1 aromatic heterocycles. The van der Waals surface area contributed by atoms with E-state index in [2.05, 4.69) is 19.2 Å². The number of nitrogens with one attached hydrogen (secondary N) is 1. The first-order valence-corrected chi connectivity index (χ1v) is 7.96. The Balaban J connectivity index is 2.43. The molecule has 0 spiro atoms. The van der Waals surface area contributed by atoms with Gasteiger partial charge in [0.15, 0.2) is 0 Å². The van der Waals surface area contributed by atoms with E-state index in [1.54, 1.807) is 25.6 Å². The van der Waals surface area contributed by atoms with E-state index in [0.29, 0.717) is 0 Å². The number of thiazole rings is 1. The second-order valence-electron chi connectivity index (χ2n) is 4.59. The van der Waals surface area contributed by atoms with Crippen LogP contribution in [-0.4, -0.2) is 25.7 Å². The molecule has 1 heterocycles. The average molecular weight is 306 g/mol. The lowest BCUT2D eigenvalue weighted by Crippen LogP contribution is -2.11. The van der Waals surface area contributed by atoms with E-state index >= 15 is 0 Å². The fraction of sp³-hybridized carbons (Fsp3) is 0.438. The number of methoxy groups -OCH3 is 2. The Hall–Kier alpha value is -1.59. The van der Waals surface area contributed by atoms with E-state index in [1.807, 2.05) is 18.2 Å². The lowest BCUT2D eigenvalue weighted by atomic mass is 10.2. The normalized spacial score (nSPS) is 10.7. The molecule has 0 aliphatic rings. The summed E-state index contributed by atoms with van der Waals surface area (Å²) in [4.78, 5) is 6.07. The van der Waals surface area contributed by atoms with E-state index in [9.17, 15) is 0 Å². The number of benzene rings is 1. The Morgan fingerprint density at radius 2 is 2.00 bits per heavy atom. The summed E-state index contributed by atoms with van der Waals surface area (Å²) in [5.74, 6) is 1.63. The lowest BCUT2D eigenvalue weighted by molar-refractivity contribution is 0.404. The molecule has 114 valence electrons. The van der Waals surface area contributed by atoms with Gasteiger partial charge in [0, 0.05) is 11.4 Å². The summed E-state index contributed by atoms with van der Waals surface area (Å²) >= 11 is 1.72. The maximum Gasteiger partial charge on any atom is 0.129 e. The largest absolute Gasteiger partial charge is 0.497 e. The Labute approximate surface area is 130 Å². The molecule has 0 aliphatic carbocycles. The zero-order chi connectivity index (χ0) is 15.2. The number of nitrogens with zero attached hydrogens (tertiary/aromatic N) is 1. The molecule has 2 aromatic rings. The molecule has 0 atom stereocenters. The molecule has 0 radical (unpaired) electrons. The molecule has 0 saturated heterocycles. The van der Waals surface area contributed by atoms with E-state index in [0.717, 1.165) is 47.3 Å². The predicted molar refractivity (Wildman–Crippen MR) is 87.4 cm³/mol. The number of rotatable bonds is 7. The van der Waals surface area contributed by atoms with E-state index < -0.39 is 0 Å². The van der Waals surface area contributed by atoms with Gasteiger partial charge in [0.1, 0.15) is 16.5 Å². The highest BCUT2D eigenvalue weighted by molar-refractivity contribution is 7.15. The van der Waals surface area contributed by atoms with Crippen LogP contribution in [0.3, 0.4) is 0 Å². The summed E-state index contributed by atoms with van der Waals surface area (Å²) in [6.45, 7) is 6.07. The number of hydrogen-bond donors (Lipinski definition) is 1. The molecule has 0 saturated carbocycles. The van der Waals surface area contributed by atoms with Crippen molar-refractivity contribution in [3.8, 4) is 22.1 Å². The molecule has 1 N–H and O–H groups in total. The smallest absolute Gasteiger partial charge is 0.129 e. The molecule has 0 fully saturated rings. The minimum atomic E-state index is 0.812. The minimum Gasteiger partial charge on any atom is -0.497 e. The van der Waals surface area contributed by atoms with E-state index in [4.69, 9.17) is 14.5 Å². The Morgan fingerprint density at radius 3 is 2.62 bits per heavy atom. The monoisotopic (exact) mass is 306 g/mol. The molecule has 0 aliphatic heterocycles. The Bertz CT molecular complexity index is 596. The van der Waals surface area contributed by atoms with Crippen LogP contribution < -0.4 is 14.8 Å². The highest BCUT2D eigenvalue weighted by Crippen LogP contribution is 2.37. The van der Waals surface area contributed by atoms with Gasteiger partial charge in [-0.25, -0.2) is 4.98 Å². The van der Waals surface area contributed by atoms with Crippen LogP contribution in [-0.2, 0) is 13.0 Å². The third-order valence-electron chi connectivity index (χ3n) is 3.29. The SMILES string of the molecule is CCNCc1sc(-c2cc(OC)ccc2OC)nc1CC. The van der Waals surface area contributed by atoms with Gasteiger partial charge in [0.25, 0.3) is 0 Å². The van der Waals surface area contributed by atoms with Crippen LogP contribution in [0.5, 0.6) is 11.5 Å². The predicted octanol–water partition coefficient (Wildman–Crippen LogP) is 3.50. The van der Waals surface area contributed by atoms with E-state index in [1.165, 1.54) is 4.88 Å². The molecular weight excluding hydrogens is 284 g/mol. The molecule has 1 aromatic carbocycles. The van der Waals surface area contributed by atoms with E-state index in [-0.39, 0.29) is 0 Å². The van der Waals surface area contributed by atoms with Crippen molar-refractivity contribution in [1.82, 2.24) is 10.3 Å². The van der Waals surface area contributed by atoms with Gasteiger partial charge in [0.2, 0.25) is 0 Å². The standard InChI is InChI=1S/C16H22N2O2S/c1-5-13-15(10-17-6-2)21-16(18-13)12-9-11(19-3)7-8-14(12)20-4/h7-9,17H,5-6,10H2,1-4H3. The first-order chi connectivity index (χ1) is 10.2. The van der Waals surface area contributed by atoms with Gasteiger partial charge in [-0.3, -0.25) is 0 Å². The fourth-order valence-corrected chi connectivity index (χ4v) is 3.27. The highest BCUT2D eigenvalue weighted by atomic mass is 32.1. The highest BCUT2D eigenvalue weighted by Gasteiger charge is 2.15. The topological polar surface area (TPSA) is 43.4 Å². The summed E-state index contributed by atoms with van der Waals surface area (Å²) in [6, 6.07) is 5.80. The number of aryl methyl sites for hydroxylation is 1. The summed E-state index contributed by atoms with van der Waals surface area (Å²) in [7, 11) is 3.35. The van der Waals surface area contributed by atoms with Crippen molar-refractivity contribution in [2.24, 2.45) is 0 Å². The number of aromatic nitrogens is 1. The van der Waals surface area contributed by atoms with Crippen LogP contribution in [0.4, 0.5) is 0 Å². The van der Waals surface area contributed by atoms with Crippen LogP contribution in [0.15, 0.2) is 18.2 Å². The van der Waals surface area contributed by atoms with Gasteiger partial charge in [-0.2, -0.15) is 0 Å². The molecule has 0 unspecified atom stereocenters. The Kier molecular flexibility index (Phi) is 5.59. The van der Waals surface area contributed by atoms with Crippen molar-refractivity contribution in [2.75, 3.05) is 20.8 Å². The summed E-state index contributed by atoms with van der Waals surface area (Å²) in [6.07, 6.45) is 0.934. The van der Waals surface area contributed by atoms with Crippen LogP contribution >= 0.6 is 11.3 Å². The van der Waals surface area contributed by atoms with Crippen LogP contribution in [0.1, 0.15) is 24.4 Å². The molecule has 21 heavy (non-hydrogen) atoms. The van der Waals surface area contributed by atoms with Crippen LogP contribution in [0, 0.1) is 0 Å². The van der Waals surface area contributed by atoms with Crippen molar-refractivity contribution in [2.45, 2.75) is 26.8 Å². The maximum absolute atomic E-state index is 5.46. The van der Waals surface area contributed by atoms with Gasteiger partial charge < -0.3 is 14.8 Å². The molecule has 5 heteroatoms. The summed E-state index contributed by atoms with van der Waals surface area (Å²) < 4.78 is 10.8. The van der Waals surface area contributed by atoms with Crippen molar-refractivity contribution in [3.63, 3.8) is 0 Å². The van der Waals surface area contributed by atoms with Gasteiger partial charge in [-0.15, -0.1) is 11.3 Å². The molecule has 0 amide bonds. The summed E-state index contributed by atoms with van der Waals surface area (Å²) in [5.41, 5.74) is 2.14. The third kappa shape index (κ3) is 3.54. The number of ether oxygens (including phenoxy) is 2. The molecule has 0 bridgehead atoms. The van der Waals surface area contributed by atoms with Crippen LogP contribution in [0.2, 0.25) is 0 Å². The molecular formula is C16H22N2O2S. The Morgan fingerprint density at radius 1 is 1.19 bits per heavy atom. The second kappa shape index (κ2) is 7.43. The third-order valence-corrected chi connectivity index (χ3v) is 4.42. The van der Waals surface area contributed by atoms with Crippen molar-refractivity contribution in [3.05, 3.63) is 28.8 Å². The van der Waals surface area contributed by atoms with Gasteiger partial charge in [-0.05, 0) is 31.2 Å². The summed E-state index contributed by atoms with van der Waals surface area (Å²) in [5, 5.41) is 4.35. The zero-order valence-electron chi connectivity index (χ0n) is 13.0. The molecule has 2 rings (SSSR count). The number of hydrogen-bond acceptors (Lipinski definition) is 5. The second-order valence-corrected chi connectivity index (χ2v) is 5.67. The van der Waals surface area contributed by atoms with Crippen molar-refractivity contribution < 1.29 is 9.47 Å². The van der Waals surface area contributed by atoms with Gasteiger partial charge in [-0.1, -0.05) is 13.8 Å². The first kappa shape index (κ1) is 15.8. The minimum absolute atomic E-state index is 0.812. The van der Waals surface area contributed by atoms with Crippen molar-refractivity contribution >= 4 is 11.3 Å². The van der Waals surface area contributed by atoms with Gasteiger partial charge >= 0.3 is 0 Å². The molecule has 4 nitrogen and oxygen atoms in total.